The summed E-state index contributed by atoms with van der Waals surface area (Å²) in [6, 6.07) is 5.91. The molecule has 0 N–H and O–H groups in total. The Morgan fingerprint density at radius 1 is 1.05 bits per heavy atom. The first-order valence-electron chi connectivity index (χ1n) is 5.33. The van der Waals surface area contributed by atoms with Crippen LogP contribution in [-0.2, 0) is 0 Å². The SMILES string of the molecule is O=C(CBr)c1cccc2oc(=O)cc(C(=O)CBr)c12. The monoisotopic (exact) mass is 386 g/mol. The minimum atomic E-state index is -0.611. The molecular formula is C13H8Br2O4. The molecule has 0 fully saturated rings. The third-order valence-electron chi connectivity index (χ3n) is 2.61. The molecule has 0 atom stereocenters. The molecule has 6 heteroatoms. The molecule has 0 unspecified atom stereocenters. The van der Waals surface area contributed by atoms with Crippen molar-refractivity contribution in [1.82, 2.24) is 0 Å². The zero-order valence-electron chi connectivity index (χ0n) is 9.61. The number of carbonyl (C=O) groups is 2. The van der Waals surface area contributed by atoms with Gasteiger partial charge in [0.25, 0.3) is 0 Å². The second-order valence-electron chi connectivity index (χ2n) is 3.77. The first kappa shape index (κ1) is 14.1. The summed E-state index contributed by atoms with van der Waals surface area (Å²) >= 11 is 6.16. The Balaban J connectivity index is 2.89. The Kier molecular flexibility index (Phi) is 4.31. The highest BCUT2D eigenvalue weighted by Crippen LogP contribution is 2.23. The molecule has 0 aliphatic rings. The quantitative estimate of drug-likeness (QED) is 0.459. The van der Waals surface area contributed by atoms with E-state index in [9.17, 15) is 14.4 Å². The van der Waals surface area contributed by atoms with Crippen LogP contribution in [-0.4, -0.2) is 22.2 Å². The van der Waals surface area contributed by atoms with E-state index in [2.05, 4.69) is 31.9 Å². The lowest BCUT2D eigenvalue weighted by atomic mass is 9.99. The van der Waals surface area contributed by atoms with Crippen LogP contribution in [0.5, 0.6) is 0 Å². The normalized spacial score (nSPS) is 10.6. The second-order valence-corrected chi connectivity index (χ2v) is 4.89. The van der Waals surface area contributed by atoms with Crippen LogP contribution in [0.1, 0.15) is 20.7 Å². The number of rotatable bonds is 4. The highest BCUT2D eigenvalue weighted by molar-refractivity contribution is 9.09. The maximum Gasteiger partial charge on any atom is 0.336 e. The minimum Gasteiger partial charge on any atom is -0.423 e. The van der Waals surface area contributed by atoms with E-state index in [0.717, 1.165) is 6.07 Å². The van der Waals surface area contributed by atoms with Gasteiger partial charge in [0.15, 0.2) is 11.6 Å². The van der Waals surface area contributed by atoms with Crippen LogP contribution in [0.25, 0.3) is 11.0 Å². The van der Waals surface area contributed by atoms with Crippen molar-refractivity contribution in [2.75, 3.05) is 10.7 Å². The van der Waals surface area contributed by atoms with Crippen molar-refractivity contribution in [3.63, 3.8) is 0 Å². The van der Waals surface area contributed by atoms with E-state index in [1.807, 2.05) is 0 Å². The second kappa shape index (κ2) is 5.79. The first-order valence-corrected chi connectivity index (χ1v) is 7.58. The van der Waals surface area contributed by atoms with Crippen molar-refractivity contribution in [1.29, 1.82) is 0 Å². The van der Waals surface area contributed by atoms with Gasteiger partial charge in [-0.1, -0.05) is 44.0 Å². The molecule has 0 bridgehead atoms. The standard InChI is InChI=1S/C13H8Br2O4/c14-5-9(16)7-2-1-3-11-13(7)8(10(17)6-15)4-12(18)19-11/h1-4H,5-6H2. The van der Waals surface area contributed by atoms with Crippen molar-refractivity contribution in [3.8, 4) is 0 Å². The number of hydrogen-bond acceptors (Lipinski definition) is 4. The van der Waals surface area contributed by atoms with Gasteiger partial charge < -0.3 is 4.42 Å². The number of carbonyl (C=O) groups excluding carboxylic acids is 2. The maximum atomic E-state index is 11.9. The molecule has 0 aliphatic heterocycles. The fourth-order valence-electron chi connectivity index (χ4n) is 1.82. The summed E-state index contributed by atoms with van der Waals surface area (Å²) in [5, 5.41) is 0.589. The maximum absolute atomic E-state index is 11.9. The average molecular weight is 388 g/mol. The van der Waals surface area contributed by atoms with E-state index in [1.165, 1.54) is 0 Å². The molecule has 19 heavy (non-hydrogen) atoms. The Hall–Kier alpha value is -1.27. The van der Waals surface area contributed by atoms with Crippen LogP contribution in [0, 0.1) is 0 Å². The van der Waals surface area contributed by atoms with Gasteiger partial charge in [0.1, 0.15) is 5.58 Å². The molecular weight excluding hydrogens is 380 g/mol. The third kappa shape index (κ3) is 2.69. The molecule has 4 nitrogen and oxygen atoms in total. The molecule has 2 rings (SSSR count). The molecule has 0 saturated heterocycles. The molecule has 1 aromatic heterocycles. The van der Waals surface area contributed by atoms with Gasteiger partial charge in [-0.05, 0) is 6.07 Å². The molecule has 0 amide bonds. The lowest BCUT2D eigenvalue weighted by Crippen LogP contribution is -2.11. The zero-order valence-corrected chi connectivity index (χ0v) is 12.8. The molecule has 1 heterocycles. The van der Waals surface area contributed by atoms with Crippen LogP contribution in [0.2, 0.25) is 0 Å². The van der Waals surface area contributed by atoms with Crippen LogP contribution < -0.4 is 5.63 Å². The predicted octanol–water partition coefficient (Wildman–Crippen LogP) is 2.95. The number of hydrogen-bond donors (Lipinski definition) is 0. The summed E-state index contributed by atoms with van der Waals surface area (Å²) in [5.74, 6) is -0.448. The number of benzene rings is 1. The first-order chi connectivity index (χ1) is 9.08. The number of halogens is 2. The van der Waals surface area contributed by atoms with Crippen LogP contribution in [0.4, 0.5) is 0 Å². The average Bonchev–Trinajstić information content (AvgIpc) is 2.43. The molecule has 0 radical (unpaired) electrons. The highest BCUT2D eigenvalue weighted by Gasteiger charge is 2.18. The molecule has 1 aromatic carbocycles. The lowest BCUT2D eigenvalue weighted by molar-refractivity contribution is 0.102. The summed E-state index contributed by atoms with van der Waals surface area (Å²) in [5.41, 5.74) is 0.194. The number of alkyl halides is 2. The summed E-state index contributed by atoms with van der Waals surface area (Å²) in [6.45, 7) is 0. The highest BCUT2D eigenvalue weighted by atomic mass is 79.9. The fourth-order valence-corrected chi connectivity index (χ4v) is 2.42. The van der Waals surface area contributed by atoms with Gasteiger partial charge in [-0.3, -0.25) is 9.59 Å². The van der Waals surface area contributed by atoms with Gasteiger partial charge in [-0.25, -0.2) is 4.79 Å². The summed E-state index contributed by atoms with van der Waals surface area (Å²) in [7, 11) is 0. The van der Waals surface area contributed by atoms with Crippen LogP contribution >= 0.6 is 31.9 Å². The Morgan fingerprint density at radius 3 is 2.32 bits per heavy atom. The largest absolute Gasteiger partial charge is 0.423 e. The van der Waals surface area contributed by atoms with E-state index < -0.39 is 5.63 Å². The number of ketones is 2. The summed E-state index contributed by atoms with van der Waals surface area (Å²) in [6.07, 6.45) is 0. The third-order valence-corrected chi connectivity index (χ3v) is 3.63. The molecule has 0 aliphatic carbocycles. The van der Waals surface area contributed by atoms with Gasteiger partial charge in [0.2, 0.25) is 0 Å². The van der Waals surface area contributed by atoms with Crippen molar-refractivity contribution >= 4 is 54.4 Å². The van der Waals surface area contributed by atoms with Crippen LogP contribution in [0.15, 0.2) is 33.5 Å². The molecule has 2 aromatic rings. The summed E-state index contributed by atoms with van der Waals surface area (Å²) < 4.78 is 5.04. The zero-order chi connectivity index (χ0) is 14.0. The summed E-state index contributed by atoms with van der Waals surface area (Å²) in [4.78, 5) is 35.2. The minimum absolute atomic E-state index is 0.0718. The van der Waals surface area contributed by atoms with E-state index in [1.54, 1.807) is 18.2 Å². The smallest absolute Gasteiger partial charge is 0.336 e. The Morgan fingerprint density at radius 2 is 1.68 bits per heavy atom. The predicted molar refractivity (Wildman–Crippen MR) is 78.7 cm³/mol. The molecule has 98 valence electrons. The van der Waals surface area contributed by atoms with Gasteiger partial charge in [0, 0.05) is 22.6 Å². The van der Waals surface area contributed by atoms with Gasteiger partial charge >= 0.3 is 5.63 Å². The molecule has 0 spiro atoms. The lowest BCUT2D eigenvalue weighted by Gasteiger charge is -2.07. The van der Waals surface area contributed by atoms with Crippen molar-refractivity contribution in [2.45, 2.75) is 0 Å². The Labute approximate surface area is 125 Å². The number of Topliss-reactive ketones (excluding diaryl/α,β-unsaturated/α-hetero) is 2. The van der Waals surface area contributed by atoms with Gasteiger partial charge in [-0.2, -0.15) is 0 Å². The topological polar surface area (TPSA) is 64.3 Å². The van der Waals surface area contributed by atoms with E-state index in [4.69, 9.17) is 4.42 Å². The Bertz CT molecular complexity index is 718. The number of fused-ring (bicyclic) bond motifs is 1. The van der Waals surface area contributed by atoms with E-state index in [0.29, 0.717) is 10.9 Å². The van der Waals surface area contributed by atoms with Crippen LogP contribution in [0.3, 0.4) is 0 Å². The van der Waals surface area contributed by atoms with Gasteiger partial charge in [0.05, 0.1) is 10.7 Å². The fraction of sp³-hybridized carbons (Fsp3) is 0.154. The van der Waals surface area contributed by atoms with Crippen molar-refractivity contribution in [2.24, 2.45) is 0 Å². The van der Waals surface area contributed by atoms with E-state index >= 15 is 0 Å². The molecule has 0 saturated carbocycles. The van der Waals surface area contributed by atoms with Crippen molar-refractivity contribution in [3.05, 3.63) is 45.8 Å². The van der Waals surface area contributed by atoms with E-state index in [-0.39, 0.29) is 33.4 Å². The van der Waals surface area contributed by atoms with Crippen molar-refractivity contribution < 1.29 is 14.0 Å². The van der Waals surface area contributed by atoms with Gasteiger partial charge in [-0.15, -0.1) is 0 Å².